The lowest BCUT2D eigenvalue weighted by molar-refractivity contribution is 0.1000. The second-order valence-corrected chi connectivity index (χ2v) is 4.63. The number of hydrogen-bond donors (Lipinski definition) is 2. The number of halogens is 1. The molecule has 0 spiro atoms. The van der Waals surface area contributed by atoms with Gasteiger partial charge in [-0.3, -0.25) is 4.79 Å². The number of amides is 1. The van der Waals surface area contributed by atoms with Crippen LogP contribution in [0, 0.1) is 5.82 Å². The summed E-state index contributed by atoms with van der Waals surface area (Å²) in [5.74, 6) is -0.154. The minimum absolute atomic E-state index is 0.301. The van der Waals surface area contributed by atoms with Crippen LogP contribution >= 0.6 is 0 Å². The van der Waals surface area contributed by atoms with Crippen molar-refractivity contribution in [3.8, 4) is 5.75 Å². The van der Waals surface area contributed by atoms with Crippen LogP contribution in [0.5, 0.6) is 5.75 Å². The Kier molecular flexibility index (Phi) is 4.90. The Morgan fingerprint density at radius 1 is 1.24 bits per heavy atom. The molecule has 0 radical (unpaired) electrons. The lowest BCUT2D eigenvalue weighted by atomic mass is 10.1. The third-order valence-corrected chi connectivity index (χ3v) is 3.11. The highest BCUT2D eigenvalue weighted by Gasteiger charge is 2.07. The Bertz CT molecular complexity index is 644. The maximum absolute atomic E-state index is 13.7. The van der Waals surface area contributed by atoms with Crippen molar-refractivity contribution in [2.75, 3.05) is 7.11 Å². The SMILES string of the molecule is COc1cccc(CNCc2cc(C(N)=O)ccc2F)c1. The Balaban J connectivity index is 1.99. The molecule has 0 aromatic heterocycles. The highest BCUT2D eigenvalue weighted by molar-refractivity contribution is 5.92. The van der Waals surface area contributed by atoms with Gasteiger partial charge in [-0.1, -0.05) is 12.1 Å². The Labute approximate surface area is 122 Å². The van der Waals surface area contributed by atoms with Crippen LogP contribution in [0.3, 0.4) is 0 Å². The van der Waals surface area contributed by atoms with Crippen molar-refractivity contribution in [2.45, 2.75) is 13.1 Å². The summed E-state index contributed by atoms with van der Waals surface area (Å²) in [6, 6.07) is 11.7. The van der Waals surface area contributed by atoms with Crippen molar-refractivity contribution in [3.05, 3.63) is 65.0 Å². The predicted octanol–water partition coefficient (Wildman–Crippen LogP) is 2.22. The van der Waals surface area contributed by atoms with Crippen LogP contribution in [0.2, 0.25) is 0 Å². The average Bonchev–Trinajstić information content (AvgIpc) is 2.49. The fourth-order valence-corrected chi connectivity index (χ4v) is 1.99. The molecule has 0 heterocycles. The number of rotatable bonds is 6. The lowest BCUT2D eigenvalue weighted by Crippen LogP contribution is -2.16. The topological polar surface area (TPSA) is 64.3 Å². The molecule has 0 aliphatic rings. The number of ether oxygens (including phenoxy) is 1. The van der Waals surface area contributed by atoms with Crippen LogP contribution in [0.25, 0.3) is 0 Å². The van der Waals surface area contributed by atoms with Gasteiger partial charge in [0.05, 0.1) is 7.11 Å². The van der Waals surface area contributed by atoms with Crippen LogP contribution in [0.1, 0.15) is 21.5 Å². The standard InChI is InChI=1S/C16H17FN2O2/c1-21-14-4-2-3-11(7-14)9-19-10-13-8-12(16(18)20)5-6-15(13)17/h2-8,19H,9-10H2,1H3,(H2,18,20). The lowest BCUT2D eigenvalue weighted by Gasteiger charge is -2.08. The smallest absolute Gasteiger partial charge is 0.248 e. The van der Waals surface area contributed by atoms with Gasteiger partial charge < -0.3 is 15.8 Å². The zero-order chi connectivity index (χ0) is 15.2. The Morgan fingerprint density at radius 2 is 2.05 bits per heavy atom. The van der Waals surface area contributed by atoms with Crippen LogP contribution in [0.4, 0.5) is 4.39 Å². The molecule has 0 bridgehead atoms. The Morgan fingerprint density at radius 3 is 2.76 bits per heavy atom. The van der Waals surface area contributed by atoms with Crippen molar-refractivity contribution in [3.63, 3.8) is 0 Å². The predicted molar refractivity (Wildman–Crippen MR) is 78.5 cm³/mol. The molecular formula is C16H17FN2O2. The van der Waals surface area contributed by atoms with Crippen LogP contribution in [0.15, 0.2) is 42.5 Å². The van der Waals surface area contributed by atoms with Gasteiger partial charge in [0, 0.05) is 24.2 Å². The quantitative estimate of drug-likeness (QED) is 0.856. The van der Waals surface area contributed by atoms with E-state index < -0.39 is 5.91 Å². The number of benzene rings is 2. The van der Waals surface area contributed by atoms with Crippen LogP contribution in [-0.2, 0) is 13.1 Å². The molecule has 2 aromatic carbocycles. The number of carbonyl (C=O) groups excluding carboxylic acids is 1. The van der Waals surface area contributed by atoms with E-state index in [2.05, 4.69) is 5.32 Å². The number of hydrogen-bond acceptors (Lipinski definition) is 3. The summed E-state index contributed by atoms with van der Waals surface area (Å²) in [4.78, 5) is 11.1. The largest absolute Gasteiger partial charge is 0.497 e. The molecule has 110 valence electrons. The zero-order valence-electron chi connectivity index (χ0n) is 11.7. The molecule has 0 unspecified atom stereocenters. The first kappa shape index (κ1) is 15.0. The van der Waals surface area contributed by atoms with Gasteiger partial charge in [0.1, 0.15) is 11.6 Å². The molecule has 0 aliphatic heterocycles. The molecule has 2 rings (SSSR count). The molecule has 0 saturated carbocycles. The molecule has 0 atom stereocenters. The van der Waals surface area contributed by atoms with Crippen molar-refractivity contribution < 1.29 is 13.9 Å². The minimum Gasteiger partial charge on any atom is -0.497 e. The first-order valence-electron chi connectivity index (χ1n) is 6.52. The maximum atomic E-state index is 13.7. The molecule has 2 aromatic rings. The normalized spacial score (nSPS) is 10.4. The number of primary amides is 1. The van der Waals surface area contributed by atoms with E-state index in [-0.39, 0.29) is 5.82 Å². The van der Waals surface area contributed by atoms with E-state index in [1.54, 1.807) is 7.11 Å². The Hall–Kier alpha value is -2.40. The van der Waals surface area contributed by atoms with E-state index in [1.807, 2.05) is 24.3 Å². The molecule has 21 heavy (non-hydrogen) atoms. The molecule has 1 amide bonds. The highest BCUT2D eigenvalue weighted by atomic mass is 19.1. The monoisotopic (exact) mass is 288 g/mol. The van der Waals surface area contributed by atoms with Crippen molar-refractivity contribution in [1.29, 1.82) is 0 Å². The van der Waals surface area contributed by atoms with E-state index in [4.69, 9.17) is 10.5 Å². The van der Waals surface area contributed by atoms with E-state index in [1.165, 1.54) is 18.2 Å². The van der Waals surface area contributed by atoms with Crippen molar-refractivity contribution in [1.82, 2.24) is 5.32 Å². The van der Waals surface area contributed by atoms with E-state index >= 15 is 0 Å². The van der Waals surface area contributed by atoms with Gasteiger partial charge in [-0.05, 0) is 35.9 Å². The summed E-state index contributed by atoms with van der Waals surface area (Å²) < 4.78 is 18.8. The first-order chi connectivity index (χ1) is 10.1. The summed E-state index contributed by atoms with van der Waals surface area (Å²) >= 11 is 0. The number of carbonyl (C=O) groups is 1. The average molecular weight is 288 g/mol. The number of methoxy groups -OCH3 is 1. The number of nitrogens with two attached hydrogens (primary N) is 1. The fraction of sp³-hybridized carbons (Fsp3) is 0.188. The second kappa shape index (κ2) is 6.85. The zero-order valence-corrected chi connectivity index (χ0v) is 11.7. The third-order valence-electron chi connectivity index (χ3n) is 3.11. The van der Waals surface area contributed by atoms with E-state index in [9.17, 15) is 9.18 Å². The van der Waals surface area contributed by atoms with Crippen molar-refractivity contribution >= 4 is 5.91 Å². The van der Waals surface area contributed by atoms with E-state index in [0.717, 1.165) is 11.3 Å². The summed E-state index contributed by atoms with van der Waals surface area (Å²) in [7, 11) is 1.61. The van der Waals surface area contributed by atoms with Crippen LogP contribution < -0.4 is 15.8 Å². The highest BCUT2D eigenvalue weighted by Crippen LogP contribution is 2.13. The second-order valence-electron chi connectivity index (χ2n) is 4.63. The fourth-order valence-electron chi connectivity index (χ4n) is 1.99. The summed E-state index contributed by atoms with van der Waals surface area (Å²) in [6.45, 7) is 0.877. The third kappa shape index (κ3) is 4.03. The first-order valence-corrected chi connectivity index (χ1v) is 6.52. The van der Waals surface area contributed by atoms with Gasteiger partial charge in [0.15, 0.2) is 0 Å². The van der Waals surface area contributed by atoms with Gasteiger partial charge in [-0.15, -0.1) is 0 Å². The molecule has 5 heteroatoms. The van der Waals surface area contributed by atoms with Gasteiger partial charge in [0.25, 0.3) is 0 Å². The van der Waals surface area contributed by atoms with Crippen molar-refractivity contribution in [2.24, 2.45) is 5.73 Å². The molecular weight excluding hydrogens is 271 g/mol. The number of nitrogens with one attached hydrogen (secondary N) is 1. The van der Waals surface area contributed by atoms with Gasteiger partial charge in [-0.2, -0.15) is 0 Å². The minimum atomic E-state index is -0.566. The summed E-state index contributed by atoms with van der Waals surface area (Å²) in [6.07, 6.45) is 0. The van der Waals surface area contributed by atoms with E-state index in [0.29, 0.717) is 24.2 Å². The molecule has 0 aliphatic carbocycles. The molecule has 3 N–H and O–H groups in total. The summed E-state index contributed by atoms with van der Waals surface area (Å²) in [5.41, 5.74) is 6.93. The maximum Gasteiger partial charge on any atom is 0.248 e. The van der Waals surface area contributed by atoms with Gasteiger partial charge >= 0.3 is 0 Å². The molecule has 0 fully saturated rings. The summed E-state index contributed by atoms with van der Waals surface area (Å²) in [5, 5.41) is 3.13. The van der Waals surface area contributed by atoms with Gasteiger partial charge in [0.2, 0.25) is 5.91 Å². The molecule has 0 saturated heterocycles. The van der Waals surface area contributed by atoms with Gasteiger partial charge in [-0.25, -0.2) is 4.39 Å². The molecule has 4 nitrogen and oxygen atoms in total. The van der Waals surface area contributed by atoms with Crippen LogP contribution in [-0.4, -0.2) is 13.0 Å².